The molecular weight excluding hydrogens is 450 g/mol. The van der Waals surface area contributed by atoms with Crippen LogP contribution in [0.3, 0.4) is 0 Å². The number of rotatable bonds is 8. The highest BCUT2D eigenvalue weighted by Crippen LogP contribution is 2.32. The number of piperidine rings is 1. The van der Waals surface area contributed by atoms with Crippen molar-refractivity contribution in [2.75, 3.05) is 31.6 Å². The van der Waals surface area contributed by atoms with E-state index in [1.165, 1.54) is 12.7 Å². The molecule has 0 spiro atoms. The van der Waals surface area contributed by atoms with Crippen molar-refractivity contribution in [1.82, 2.24) is 4.90 Å². The molecule has 1 saturated heterocycles. The molecule has 1 heterocycles. The Hall–Kier alpha value is -3.33. The Balaban J connectivity index is 1.37. The quantitative estimate of drug-likeness (QED) is 0.492. The highest BCUT2D eigenvalue weighted by Gasteiger charge is 2.35. The number of nitrogens with zero attached hydrogens (tertiary/aromatic N) is 3. The fourth-order valence-corrected chi connectivity index (χ4v) is 5.73. The topological polar surface area (TPSA) is 73.6 Å². The van der Waals surface area contributed by atoms with Gasteiger partial charge in [-0.25, -0.2) is 0 Å². The monoisotopic (exact) mass is 487 g/mol. The van der Waals surface area contributed by atoms with E-state index in [0.29, 0.717) is 5.56 Å². The largest absolute Gasteiger partial charge is 0.469 e. The van der Waals surface area contributed by atoms with Crippen molar-refractivity contribution in [2.24, 2.45) is 11.8 Å². The summed E-state index contributed by atoms with van der Waals surface area (Å²) in [6, 6.07) is 20.5. The molecule has 0 N–H and O–H groups in total. The molecule has 1 amide bonds. The van der Waals surface area contributed by atoms with Gasteiger partial charge in [0.25, 0.3) is 0 Å². The number of ether oxygens (including phenoxy) is 1. The van der Waals surface area contributed by atoms with E-state index in [0.717, 1.165) is 76.7 Å². The summed E-state index contributed by atoms with van der Waals surface area (Å²) in [5.41, 5.74) is 3.08. The Morgan fingerprint density at radius 3 is 2.22 bits per heavy atom. The predicted molar refractivity (Wildman–Crippen MR) is 140 cm³/mol. The molecular formula is C30H37N3O3. The Morgan fingerprint density at radius 1 is 0.944 bits per heavy atom. The zero-order valence-electron chi connectivity index (χ0n) is 21.3. The van der Waals surface area contributed by atoms with E-state index in [2.05, 4.69) is 40.1 Å². The van der Waals surface area contributed by atoms with Gasteiger partial charge in [0.05, 0.1) is 24.7 Å². The Kier molecular flexibility index (Phi) is 9.00. The Bertz CT molecular complexity index is 1030. The fraction of sp³-hybridized carbons (Fsp3) is 0.500. The first kappa shape index (κ1) is 25.8. The second-order valence-corrected chi connectivity index (χ2v) is 10.1. The van der Waals surface area contributed by atoms with Gasteiger partial charge in [0, 0.05) is 37.3 Å². The van der Waals surface area contributed by atoms with Gasteiger partial charge < -0.3 is 14.5 Å². The van der Waals surface area contributed by atoms with Crippen molar-refractivity contribution in [3.8, 4) is 6.07 Å². The lowest BCUT2D eigenvalue weighted by atomic mass is 9.84. The molecule has 0 radical (unpaired) electrons. The van der Waals surface area contributed by atoms with Gasteiger partial charge in [-0.1, -0.05) is 30.3 Å². The number of anilines is 1. The van der Waals surface area contributed by atoms with Crippen LogP contribution < -0.4 is 4.90 Å². The number of hydrogen-bond acceptors (Lipinski definition) is 5. The minimum absolute atomic E-state index is 0.0367. The van der Waals surface area contributed by atoms with Gasteiger partial charge in [-0.3, -0.25) is 9.59 Å². The first-order valence-electron chi connectivity index (χ1n) is 13.3. The Morgan fingerprint density at radius 2 is 1.61 bits per heavy atom. The number of benzene rings is 2. The van der Waals surface area contributed by atoms with E-state index in [9.17, 15) is 9.59 Å². The van der Waals surface area contributed by atoms with E-state index >= 15 is 0 Å². The second kappa shape index (κ2) is 12.6. The number of methoxy groups -OCH3 is 1. The lowest BCUT2D eigenvalue weighted by Crippen LogP contribution is -2.48. The molecule has 1 saturated carbocycles. The first-order chi connectivity index (χ1) is 17.6. The van der Waals surface area contributed by atoms with E-state index < -0.39 is 0 Å². The number of aryl methyl sites for hydroxylation is 1. The molecule has 0 aromatic heterocycles. The van der Waals surface area contributed by atoms with Crippen LogP contribution in [0.4, 0.5) is 5.69 Å². The van der Waals surface area contributed by atoms with Crippen molar-refractivity contribution < 1.29 is 14.3 Å². The zero-order valence-corrected chi connectivity index (χ0v) is 21.3. The minimum Gasteiger partial charge on any atom is -0.469 e. The van der Waals surface area contributed by atoms with Crippen LogP contribution in [-0.2, 0) is 20.7 Å². The summed E-state index contributed by atoms with van der Waals surface area (Å²) >= 11 is 0. The van der Waals surface area contributed by atoms with Gasteiger partial charge >= 0.3 is 5.97 Å². The zero-order chi connectivity index (χ0) is 25.3. The van der Waals surface area contributed by atoms with Crippen molar-refractivity contribution in [3.63, 3.8) is 0 Å². The highest BCUT2D eigenvalue weighted by molar-refractivity contribution is 5.79. The molecule has 0 unspecified atom stereocenters. The molecule has 36 heavy (non-hydrogen) atoms. The molecule has 2 aromatic carbocycles. The second-order valence-electron chi connectivity index (χ2n) is 10.1. The molecule has 1 aliphatic heterocycles. The summed E-state index contributed by atoms with van der Waals surface area (Å²) in [5.74, 6) is 0.160. The van der Waals surface area contributed by atoms with Crippen molar-refractivity contribution in [2.45, 2.75) is 57.4 Å². The lowest BCUT2D eigenvalue weighted by molar-refractivity contribution is -0.147. The highest BCUT2D eigenvalue weighted by atomic mass is 16.5. The third-order valence-electron chi connectivity index (χ3n) is 7.87. The average Bonchev–Trinajstić information content (AvgIpc) is 2.95. The van der Waals surface area contributed by atoms with Crippen LogP contribution in [0.15, 0.2) is 54.6 Å². The van der Waals surface area contributed by atoms with E-state index in [1.807, 2.05) is 30.3 Å². The predicted octanol–water partition coefficient (Wildman–Crippen LogP) is 4.97. The van der Waals surface area contributed by atoms with Gasteiger partial charge in [-0.05, 0) is 81.2 Å². The van der Waals surface area contributed by atoms with E-state index in [1.54, 1.807) is 0 Å². The number of nitriles is 1. The van der Waals surface area contributed by atoms with Crippen molar-refractivity contribution in [3.05, 3.63) is 65.7 Å². The Labute approximate surface area is 214 Å². The van der Waals surface area contributed by atoms with Crippen molar-refractivity contribution in [1.29, 1.82) is 5.26 Å². The van der Waals surface area contributed by atoms with Crippen LogP contribution >= 0.6 is 0 Å². The molecule has 4 rings (SSSR count). The van der Waals surface area contributed by atoms with Crippen LogP contribution in [0, 0.1) is 23.2 Å². The third-order valence-corrected chi connectivity index (χ3v) is 7.87. The van der Waals surface area contributed by atoms with Crippen LogP contribution in [0.1, 0.15) is 56.1 Å². The summed E-state index contributed by atoms with van der Waals surface area (Å²) in [6.45, 7) is 2.45. The summed E-state index contributed by atoms with van der Waals surface area (Å²) in [5, 5.41) is 9.05. The molecule has 0 bridgehead atoms. The van der Waals surface area contributed by atoms with Crippen LogP contribution in [0.25, 0.3) is 0 Å². The molecule has 190 valence electrons. The average molecular weight is 488 g/mol. The molecule has 6 nitrogen and oxygen atoms in total. The third kappa shape index (κ3) is 6.46. The summed E-state index contributed by atoms with van der Waals surface area (Å²) in [6.07, 6.45) is 6.88. The van der Waals surface area contributed by atoms with Crippen LogP contribution in [0.2, 0.25) is 0 Å². The number of carbonyl (C=O) groups excluding carboxylic acids is 2. The van der Waals surface area contributed by atoms with E-state index in [-0.39, 0.29) is 29.8 Å². The van der Waals surface area contributed by atoms with Gasteiger partial charge in [0.1, 0.15) is 0 Å². The smallest absolute Gasteiger partial charge is 0.308 e. The van der Waals surface area contributed by atoms with Gasteiger partial charge in [0.15, 0.2) is 0 Å². The normalized spacial score (nSPS) is 20.4. The van der Waals surface area contributed by atoms with Crippen LogP contribution in [0.5, 0.6) is 0 Å². The first-order valence-corrected chi connectivity index (χ1v) is 13.3. The summed E-state index contributed by atoms with van der Waals surface area (Å²) in [4.78, 5) is 30.3. The SMILES string of the molecule is COC(=O)[C@H]1CC[C@H](N(CCCc2ccccc2)C(=O)C2CCN(c3ccc(C#N)cc3)CC2)CC1. The van der Waals surface area contributed by atoms with Gasteiger partial charge in [0.2, 0.25) is 5.91 Å². The number of amides is 1. The molecule has 2 aromatic rings. The van der Waals surface area contributed by atoms with E-state index in [4.69, 9.17) is 10.00 Å². The molecule has 1 aliphatic carbocycles. The maximum absolute atomic E-state index is 13.8. The standard InChI is InChI=1S/C30H37N3O3/c1-36-30(35)26-11-15-28(16-12-26)33(19-5-8-23-6-3-2-4-7-23)29(34)25-17-20-32(21-18-25)27-13-9-24(22-31)10-14-27/h2-4,6-7,9-10,13-14,25-26,28H,5,8,11-12,15-21H2,1H3/t26-,28-. The molecule has 6 heteroatoms. The number of esters is 1. The minimum atomic E-state index is -0.120. The number of hydrogen-bond donors (Lipinski definition) is 0. The molecule has 2 fully saturated rings. The molecule has 2 aliphatic rings. The maximum Gasteiger partial charge on any atom is 0.308 e. The summed E-state index contributed by atoms with van der Waals surface area (Å²) < 4.78 is 4.96. The number of carbonyl (C=O) groups is 2. The lowest BCUT2D eigenvalue weighted by Gasteiger charge is -2.40. The van der Waals surface area contributed by atoms with Gasteiger partial charge in [-0.2, -0.15) is 5.26 Å². The van der Waals surface area contributed by atoms with Crippen LogP contribution in [-0.4, -0.2) is 49.6 Å². The maximum atomic E-state index is 13.8. The molecule has 0 atom stereocenters. The fourth-order valence-electron chi connectivity index (χ4n) is 5.73. The van der Waals surface area contributed by atoms with Crippen molar-refractivity contribution >= 4 is 17.6 Å². The summed E-state index contributed by atoms with van der Waals surface area (Å²) in [7, 11) is 1.46. The van der Waals surface area contributed by atoms with Gasteiger partial charge in [-0.15, -0.1) is 0 Å².